The molecule has 204 valence electrons. The average molecular weight is 575 g/mol. The minimum Gasteiger partial charge on any atom is -0.481 e. The topological polar surface area (TPSA) is 96.2 Å². The first kappa shape index (κ1) is 27.3. The van der Waals surface area contributed by atoms with E-state index in [-0.39, 0.29) is 25.4 Å². The first-order valence-corrected chi connectivity index (χ1v) is 14.4. The quantitative estimate of drug-likeness (QED) is 0.281. The van der Waals surface area contributed by atoms with E-state index in [1.807, 2.05) is 53.9 Å². The van der Waals surface area contributed by atoms with Gasteiger partial charge in [-0.05, 0) is 37.4 Å². The van der Waals surface area contributed by atoms with Crippen molar-refractivity contribution in [3.8, 4) is 5.75 Å². The van der Waals surface area contributed by atoms with Crippen molar-refractivity contribution in [1.82, 2.24) is 4.57 Å². The SMILES string of the molecule is CCOC(=O)COc1ccccc1/C=c1\sc2n(c1=O)[C@@H](c1cccs1)C(C(=O)OCC)=C(c1ccccc1)N=2. The van der Waals surface area contributed by atoms with Crippen molar-refractivity contribution >= 4 is 46.4 Å². The van der Waals surface area contributed by atoms with Gasteiger partial charge in [-0.1, -0.05) is 65.9 Å². The van der Waals surface area contributed by atoms with Crippen LogP contribution in [0.25, 0.3) is 11.8 Å². The van der Waals surface area contributed by atoms with Crippen molar-refractivity contribution in [2.75, 3.05) is 19.8 Å². The lowest BCUT2D eigenvalue weighted by atomic mass is 9.97. The van der Waals surface area contributed by atoms with Gasteiger partial charge in [-0.3, -0.25) is 9.36 Å². The fourth-order valence-corrected chi connectivity index (χ4v) is 6.18. The maximum absolute atomic E-state index is 14.0. The second kappa shape index (κ2) is 12.3. The van der Waals surface area contributed by atoms with Gasteiger partial charge in [0.1, 0.15) is 11.8 Å². The lowest BCUT2D eigenvalue weighted by molar-refractivity contribution is -0.145. The fourth-order valence-electron chi connectivity index (χ4n) is 4.37. The number of nitrogens with zero attached hydrogens (tertiary/aromatic N) is 2. The van der Waals surface area contributed by atoms with Crippen LogP contribution in [0.2, 0.25) is 0 Å². The zero-order valence-electron chi connectivity index (χ0n) is 21.9. The van der Waals surface area contributed by atoms with Crippen LogP contribution >= 0.6 is 22.7 Å². The number of carbonyl (C=O) groups is 2. The number of thiophene rings is 1. The smallest absolute Gasteiger partial charge is 0.344 e. The van der Waals surface area contributed by atoms with E-state index in [1.54, 1.807) is 42.7 Å². The average Bonchev–Trinajstić information content (AvgIpc) is 3.61. The molecule has 40 heavy (non-hydrogen) atoms. The van der Waals surface area contributed by atoms with E-state index in [0.717, 1.165) is 10.4 Å². The molecule has 0 N–H and O–H groups in total. The van der Waals surface area contributed by atoms with Crippen LogP contribution in [0.15, 0.2) is 87.5 Å². The second-order valence-corrected chi connectivity index (χ2v) is 10.6. The van der Waals surface area contributed by atoms with E-state index < -0.39 is 18.0 Å². The number of ether oxygens (including phenoxy) is 3. The number of esters is 2. The Balaban J connectivity index is 1.69. The highest BCUT2D eigenvalue weighted by Gasteiger charge is 2.35. The third kappa shape index (κ3) is 5.54. The summed E-state index contributed by atoms with van der Waals surface area (Å²) in [6.07, 6.45) is 1.71. The molecule has 8 nitrogen and oxygen atoms in total. The third-order valence-corrected chi connectivity index (χ3v) is 7.95. The molecule has 10 heteroatoms. The molecule has 2 aromatic carbocycles. The number of hydrogen-bond acceptors (Lipinski definition) is 9. The Labute approximate surface area is 238 Å². The third-order valence-electron chi connectivity index (χ3n) is 6.04. The number of thiazole rings is 1. The maximum Gasteiger partial charge on any atom is 0.344 e. The highest BCUT2D eigenvalue weighted by molar-refractivity contribution is 7.10. The number of benzene rings is 2. The summed E-state index contributed by atoms with van der Waals surface area (Å²) in [5, 5.41) is 1.91. The van der Waals surface area contributed by atoms with Gasteiger partial charge in [-0.15, -0.1) is 11.3 Å². The molecule has 0 saturated carbocycles. The van der Waals surface area contributed by atoms with Gasteiger partial charge >= 0.3 is 11.9 Å². The van der Waals surface area contributed by atoms with Crippen molar-refractivity contribution < 1.29 is 23.8 Å². The Morgan fingerprint density at radius 2 is 1.73 bits per heavy atom. The first-order valence-electron chi connectivity index (χ1n) is 12.7. The van der Waals surface area contributed by atoms with Gasteiger partial charge in [-0.2, -0.15) is 0 Å². The van der Waals surface area contributed by atoms with E-state index in [1.165, 1.54) is 22.7 Å². The molecular weight excluding hydrogens is 548 g/mol. The predicted molar refractivity (Wildman–Crippen MR) is 154 cm³/mol. The molecule has 0 aliphatic carbocycles. The molecule has 1 aliphatic rings. The largest absolute Gasteiger partial charge is 0.481 e. The Hall–Kier alpha value is -4.28. The van der Waals surface area contributed by atoms with Crippen molar-refractivity contribution in [3.63, 3.8) is 0 Å². The molecule has 5 rings (SSSR count). The van der Waals surface area contributed by atoms with Crippen LogP contribution in [0.4, 0.5) is 0 Å². The van der Waals surface area contributed by atoms with Gasteiger partial charge in [0.15, 0.2) is 11.4 Å². The van der Waals surface area contributed by atoms with Crippen LogP contribution in [0, 0.1) is 0 Å². The number of fused-ring (bicyclic) bond motifs is 1. The molecule has 4 aromatic rings. The Kier molecular flexibility index (Phi) is 8.37. The zero-order valence-corrected chi connectivity index (χ0v) is 23.5. The summed E-state index contributed by atoms with van der Waals surface area (Å²) in [7, 11) is 0. The molecular formula is C30H26N2O6S2. The second-order valence-electron chi connectivity index (χ2n) is 8.58. The van der Waals surface area contributed by atoms with Gasteiger partial charge < -0.3 is 14.2 Å². The monoisotopic (exact) mass is 574 g/mol. The van der Waals surface area contributed by atoms with E-state index in [2.05, 4.69) is 0 Å². The summed E-state index contributed by atoms with van der Waals surface area (Å²) in [6.45, 7) is 3.68. The lowest BCUT2D eigenvalue weighted by Gasteiger charge is -2.24. The van der Waals surface area contributed by atoms with Gasteiger partial charge in [-0.25, -0.2) is 14.6 Å². The van der Waals surface area contributed by atoms with Crippen molar-refractivity contribution in [1.29, 1.82) is 0 Å². The summed E-state index contributed by atoms with van der Waals surface area (Å²) in [6, 6.07) is 19.6. The molecule has 3 heterocycles. The van der Waals surface area contributed by atoms with Crippen LogP contribution in [0.1, 0.15) is 35.9 Å². The van der Waals surface area contributed by atoms with Crippen molar-refractivity contribution in [3.05, 3.63) is 113 Å². The molecule has 0 saturated heterocycles. The summed E-state index contributed by atoms with van der Waals surface area (Å²) in [5.74, 6) is -0.559. The minimum absolute atomic E-state index is 0.189. The Bertz CT molecular complexity index is 1740. The highest BCUT2D eigenvalue weighted by atomic mass is 32.1. The van der Waals surface area contributed by atoms with Gasteiger partial charge in [0.05, 0.1) is 29.0 Å². The van der Waals surface area contributed by atoms with Gasteiger partial charge in [0.2, 0.25) is 0 Å². The molecule has 0 amide bonds. The molecule has 0 unspecified atom stereocenters. The fraction of sp³-hybridized carbons (Fsp3) is 0.200. The summed E-state index contributed by atoms with van der Waals surface area (Å²) >= 11 is 2.68. The summed E-state index contributed by atoms with van der Waals surface area (Å²) in [5.41, 5.74) is 1.87. The Morgan fingerprint density at radius 3 is 2.45 bits per heavy atom. The normalized spacial score (nSPS) is 14.8. The number of carbonyl (C=O) groups excluding carboxylic acids is 2. The van der Waals surface area contributed by atoms with Gasteiger partial charge in [0, 0.05) is 16.0 Å². The molecule has 1 aliphatic heterocycles. The minimum atomic E-state index is -0.706. The van der Waals surface area contributed by atoms with Crippen LogP contribution in [-0.4, -0.2) is 36.3 Å². The van der Waals surface area contributed by atoms with Crippen LogP contribution in [-0.2, 0) is 19.1 Å². The van der Waals surface area contributed by atoms with Gasteiger partial charge in [0.25, 0.3) is 5.56 Å². The molecule has 0 fully saturated rings. The van der Waals surface area contributed by atoms with Crippen LogP contribution < -0.4 is 19.6 Å². The number of aromatic nitrogens is 1. The van der Waals surface area contributed by atoms with E-state index in [9.17, 15) is 14.4 Å². The molecule has 0 spiro atoms. The number of rotatable bonds is 9. The molecule has 1 atom stereocenters. The van der Waals surface area contributed by atoms with E-state index >= 15 is 0 Å². The molecule has 0 bridgehead atoms. The molecule has 2 aromatic heterocycles. The van der Waals surface area contributed by atoms with Crippen molar-refractivity contribution in [2.45, 2.75) is 19.9 Å². The zero-order chi connectivity index (χ0) is 28.1. The molecule has 0 radical (unpaired) electrons. The first-order chi connectivity index (χ1) is 19.5. The van der Waals surface area contributed by atoms with Crippen LogP contribution in [0.5, 0.6) is 5.75 Å². The number of para-hydroxylation sites is 1. The highest BCUT2D eigenvalue weighted by Crippen LogP contribution is 2.36. The maximum atomic E-state index is 14.0. The summed E-state index contributed by atoms with van der Waals surface area (Å²) < 4.78 is 18.1. The summed E-state index contributed by atoms with van der Waals surface area (Å²) in [4.78, 5) is 45.3. The van der Waals surface area contributed by atoms with E-state index in [0.29, 0.717) is 31.9 Å². The van der Waals surface area contributed by atoms with Crippen LogP contribution in [0.3, 0.4) is 0 Å². The lowest BCUT2D eigenvalue weighted by Crippen LogP contribution is -2.39. The van der Waals surface area contributed by atoms with E-state index in [4.69, 9.17) is 19.2 Å². The number of hydrogen-bond donors (Lipinski definition) is 0. The Morgan fingerprint density at radius 1 is 0.975 bits per heavy atom. The standard InChI is InChI=1S/C30H26N2O6S2/c1-3-36-24(33)18-38-21-14-9-8-13-20(21)17-23-28(34)32-27(22-15-10-16-39-22)25(29(35)37-4-2)26(31-30(32)40-23)19-11-6-5-7-12-19/h5-17,27H,3-4,18H2,1-2H3/b23-17-/t27-/m0/s1. The predicted octanol–water partition coefficient (Wildman–Crippen LogP) is 3.94. The van der Waals surface area contributed by atoms with Crippen molar-refractivity contribution in [2.24, 2.45) is 4.99 Å².